The Balaban J connectivity index is 1.58. The molecule has 4 nitrogen and oxygen atoms in total. The number of thioether (sulfide) groups is 1. The predicted molar refractivity (Wildman–Crippen MR) is 124 cm³/mol. The average Bonchev–Trinajstić information content (AvgIpc) is 3.42. The van der Waals surface area contributed by atoms with Crippen LogP contribution in [0.4, 0.5) is 5.13 Å². The predicted octanol–water partition coefficient (Wildman–Crippen LogP) is 5.73. The number of ether oxygens (including phenoxy) is 1. The third-order valence-electron chi connectivity index (χ3n) is 4.39. The first kappa shape index (κ1) is 19.9. The molecule has 4 rings (SSSR count). The van der Waals surface area contributed by atoms with E-state index in [1.54, 1.807) is 39.3 Å². The molecular formula is C22H20N2O2S3. The van der Waals surface area contributed by atoms with Crippen LogP contribution in [0.15, 0.2) is 70.9 Å². The van der Waals surface area contributed by atoms with Crippen LogP contribution in [-0.4, -0.2) is 30.3 Å². The van der Waals surface area contributed by atoms with Gasteiger partial charge < -0.3 is 4.74 Å². The maximum atomic E-state index is 13.1. The number of nitrogens with zero attached hydrogens (tertiary/aromatic N) is 2. The van der Waals surface area contributed by atoms with E-state index in [1.807, 2.05) is 48.7 Å². The summed E-state index contributed by atoms with van der Waals surface area (Å²) in [7, 11) is 0. The summed E-state index contributed by atoms with van der Waals surface area (Å²) in [5.74, 6) is 0.600. The van der Waals surface area contributed by atoms with Crippen molar-refractivity contribution >= 4 is 55.7 Å². The fraction of sp³-hybridized carbons (Fsp3) is 0.182. The van der Waals surface area contributed by atoms with E-state index in [2.05, 4.69) is 23.6 Å². The van der Waals surface area contributed by atoms with Gasteiger partial charge in [-0.3, -0.25) is 9.69 Å². The molecule has 0 saturated carbocycles. The molecule has 2 heterocycles. The molecule has 148 valence electrons. The molecule has 2 aromatic carbocycles. The molecule has 29 heavy (non-hydrogen) atoms. The van der Waals surface area contributed by atoms with E-state index >= 15 is 0 Å². The number of benzene rings is 2. The fourth-order valence-corrected chi connectivity index (χ4v) is 5.30. The first-order chi connectivity index (χ1) is 14.2. The Hall–Kier alpha value is -2.35. The summed E-state index contributed by atoms with van der Waals surface area (Å²) in [6.07, 6.45) is 2.83. The molecule has 0 aliphatic heterocycles. The Labute approximate surface area is 182 Å². The molecule has 0 fully saturated rings. The standard InChI is InChI=1S/C22H20N2O2S3/c1-27-18-10-5-11-19-21(18)23-22(29-19)24(13-12-17-9-6-14-28-17)20(25)15-26-16-7-3-2-4-8-16/h2-11,14H,12-13,15H2,1H3. The minimum absolute atomic E-state index is 0.0141. The second kappa shape index (κ2) is 9.43. The number of para-hydroxylation sites is 2. The van der Waals surface area contributed by atoms with Crippen molar-refractivity contribution in [3.05, 3.63) is 70.9 Å². The molecule has 7 heteroatoms. The summed E-state index contributed by atoms with van der Waals surface area (Å²) in [5.41, 5.74) is 0.956. The van der Waals surface area contributed by atoms with E-state index in [-0.39, 0.29) is 12.5 Å². The number of carbonyl (C=O) groups is 1. The van der Waals surface area contributed by atoms with Crippen molar-refractivity contribution in [1.29, 1.82) is 0 Å². The molecule has 0 atom stereocenters. The zero-order valence-electron chi connectivity index (χ0n) is 15.9. The number of rotatable bonds is 8. The van der Waals surface area contributed by atoms with Crippen LogP contribution in [0.2, 0.25) is 0 Å². The molecule has 0 aliphatic rings. The largest absolute Gasteiger partial charge is 0.484 e. The Morgan fingerprint density at radius 3 is 2.72 bits per heavy atom. The summed E-state index contributed by atoms with van der Waals surface area (Å²) in [5, 5.41) is 2.78. The highest BCUT2D eigenvalue weighted by molar-refractivity contribution is 7.98. The molecule has 0 saturated heterocycles. The molecule has 0 unspecified atom stereocenters. The van der Waals surface area contributed by atoms with Gasteiger partial charge in [-0.15, -0.1) is 23.1 Å². The second-order valence-electron chi connectivity index (χ2n) is 6.28. The van der Waals surface area contributed by atoms with Gasteiger partial charge >= 0.3 is 0 Å². The van der Waals surface area contributed by atoms with Gasteiger partial charge in [0.05, 0.1) is 10.2 Å². The van der Waals surface area contributed by atoms with Gasteiger partial charge in [-0.2, -0.15) is 0 Å². The van der Waals surface area contributed by atoms with Crippen molar-refractivity contribution in [3.63, 3.8) is 0 Å². The molecule has 0 aliphatic carbocycles. The summed E-state index contributed by atoms with van der Waals surface area (Å²) in [6, 6.07) is 19.7. The van der Waals surface area contributed by atoms with Gasteiger partial charge in [-0.05, 0) is 48.4 Å². The van der Waals surface area contributed by atoms with E-state index in [0.29, 0.717) is 12.3 Å². The van der Waals surface area contributed by atoms with E-state index in [4.69, 9.17) is 9.72 Å². The lowest BCUT2D eigenvalue weighted by molar-refractivity contribution is -0.120. The highest BCUT2D eigenvalue weighted by Gasteiger charge is 2.21. The van der Waals surface area contributed by atoms with E-state index < -0.39 is 0 Å². The number of hydrogen-bond acceptors (Lipinski definition) is 6. The Morgan fingerprint density at radius 1 is 1.10 bits per heavy atom. The summed E-state index contributed by atoms with van der Waals surface area (Å²) in [6.45, 7) is 0.561. The smallest absolute Gasteiger partial charge is 0.266 e. The van der Waals surface area contributed by atoms with Crippen molar-refractivity contribution in [2.75, 3.05) is 24.3 Å². The Kier molecular flexibility index (Phi) is 6.49. The number of thiazole rings is 1. The van der Waals surface area contributed by atoms with Gasteiger partial charge in [0.25, 0.3) is 5.91 Å². The van der Waals surface area contributed by atoms with Crippen molar-refractivity contribution in [2.45, 2.75) is 11.3 Å². The minimum Gasteiger partial charge on any atom is -0.484 e. The maximum absolute atomic E-state index is 13.1. The van der Waals surface area contributed by atoms with Crippen LogP contribution in [0.25, 0.3) is 10.2 Å². The van der Waals surface area contributed by atoms with Crippen molar-refractivity contribution in [2.24, 2.45) is 0 Å². The van der Waals surface area contributed by atoms with Crippen LogP contribution in [0.5, 0.6) is 5.75 Å². The molecule has 0 spiro atoms. The number of anilines is 1. The molecular weight excluding hydrogens is 420 g/mol. The number of fused-ring (bicyclic) bond motifs is 1. The average molecular weight is 441 g/mol. The van der Waals surface area contributed by atoms with Crippen molar-refractivity contribution in [3.8, 4) is 5.75 Å². The fourth-order valence-electron chi connectivity index (χ4n) is 2.94. The quantitative estimate of drug-likeness (QED) is 0.328. The number of amides is 1. The normalized spacial score (nSPS) is 10.9. The SMILES string of the molecule is CSc1cccc2sc(N(CCc3cccs3)C(=O)COc3ccccc3)nc12. The van der Waals surface area contributed by atoms with Gasteiger partial charge in [-0.25, -0.2) is 4.98 Å². The summed E-state index contributed by atoms with van der Waals surface area (Å²) >= 11 is 4.92. The van der Waals surface area contributed by atoms with Crippen LogP contribution < -0.4 is 9.64 Å². The van der Waals surface area contributed by atoms with E-state index in [9.17, 15) is 4.79 Å². The first-order valence-electron chi connectivity index (χ1n) is 9.19. The van der Waals surface area contributed by atoms with E-state index in [1.165, 1.54) is 4.88 Å². The highest BCUT2D eigenvalue weighted by Crippen LogP contribution is 2.34. The van der Waals surface area contributed by atoms with Crippen LogP contribution >= 0.6 is 34.4 Å². The van der Waals surface area contributed by atoms with Gasteiger partial charge in [-0.1, -0.05) is 41.7 Å². The van der Waals surface area contributed by atoms with Gasteiger partial charge in [0.1, 0.15) is 5.75 Å². The first-order valence-corrected chi connectivity index (χ1v) is 12.1. The van der Waals surface area contributed by atoms with Gasteiger partial charge in [0.2, 0.25) is 0 Å². The minimum atomic E-state index is -0.0878. The lowest BCUT2D eigenvalue weighted by atomic mass is 10.3. The topological polar surface area (TPSA) is 42.4 Å². The molecule has 4 aromatic rings. The Bertz CT molecular complexity index is 1080. The number of carbonyl (C=O) groups excluding carboxylic acids is 1. The lowest BCUT2D eigenvalue weighted by Gasteiger charge is -2.19. The highest BCUT2D eigenvalue weighted by atomic mass is 32.2. The van der Waals surface area contributed by atoms with Crippen LogP contribution in [0, 0.1) is 0 Å². The molecule has 0 bridgehead atoms. The zero-order valence-corrected chi connectivity index (χ0v) is 18.4. The van der Waals surface area contributed by atoms with E-state index in [0.717, 1.165) is 26.7 Å². The van der Waals surface area contributed by atoms with Crippen molar-refractivity contribution in [1.82, 2.24) is 4.98 Å². The second-order valence-corrected chi connectivity index (χ2v) is 9.17. The number of hydrogen-bond donors (Lipinski definition) is 0. The lowest BCUT2D eigenvalue weighted by Crippen LogP contribution is -2.36. The van der Waals surface area contributed by atoms with Crippen LogP contribution in [-0.2, 0) is 11.2 Å². The van der Waals surface area contributed by atoms with Gasteiger partial charge in [0, 0.05) is 16.3 Å². The van der Waals surface area contributed by atoms with Crippen molar-refractivity contribution < 1.29 is 9.53 Å². The molecule has 2 aromatic heterocycles. The molecule has 1 amide bonds. The summed E-state index contributed by atoms with van der Waals surface area (Å²) in [4.78, 5) is 22.0. The maximum Gasteiger partial charge on any atom is 0.266 e. The molecule has 0 N–H and O–H groups in total. The number of thiophene rings is 1. The third-order valence-corrected chi connectivity index (χ3v) is 7.14. The van der Waals surface area contributed by atoms with Crippen LogP contribution in [0.1, 0.15) is 4.88 Å². The van der Waals surface area contributed by atoms with Gasteiger partial charge in [0.15, 0.2) is 11.7 Å². The monoisotopic (exact) mass is 440 g/mol. The molecule has 0 radical (unpaired) electrons. The van der Waals surface area contributed by atoms with Crippen LogP contribution in [0.3, 0.4) is 0 Å². The Morgan fingerprint density at radius 2 is 1.97 bits per heavy atom. The zero-order chi connectivity index (χ0) is 20.1. The summed E-state index contributed by atoms with van der Waals surface area (Å²) < 4.78 is 6.80. The number of aromatic nitrogens is 1. The third kappa shape index (κ3) is 4.80.